The molecular weight excluding hydrogens is 373 g/mol. The number of amides is 1. The molecule has 0 saturated carbocycles. The maximum absolute atomic E-state index is 14.4. The Labute approximate surface area is 168 Å². The Hall–Kier alpha value is -3.12. The van der Waals surface area contributed by atoms with Crippen molar-refractivity contribution in [2.24, 2.45) is 0 Å². The third-order valence-corrected chi connectivity index (χ3v) is 5.05. The average Bonchev–Trinajstić information content (AvgIpc) is 2.77. The molecule has 0 N–H and O–H groups in total. The topological polar surface area (TPSA) is 48.0 Å². The van der Waals surface area contributed by atoms with Gasteiger partial charge in [-0.2, -0.15) is 0 Å². The molecule has 0 aliphatic carbocycles. The van der Waals surface area contributed by atoms with Crippen molar-refractivity contribution in [3.8, 4) is 22.6 Å². The molecule has 29 heavy (non-hydrogen) atoms. The number of fused-ring (bicyclic) bond motifs is 1. The van der Waals surface area contributed by atoms with Gasteiger partial charge in [-0.05, 0) is 34.5 Å². The zero-order chi connectivity index (χ0) is 20.2. The van der Waals surface area contributed by atoms with Gasteiger partial charge in [-0.15, -0.1) is 0 Å². The molecule has 5 nitrogen and oxygen atoms in total. The minimum absolute atomic E-state index is 0.0794. The molecular formula is C23H22FNO4. The van der Waals surface area contributed by atoms with E-state index in [9.17, 15) is 9.18 Å². The highest BCUT2D eigenvalue weighted by atomic mass is 19.1. The second-order valence-corrected chi connectivity index (χ2v) is 6.79. The van der Waals surface area contributed by atoms with Gasteiger partial charge in [0.15, 0.2) is 18.2 Å². The molecule has 0 radical (unpaired) electrons. The van der Waals surface area contributed by atoms with Crippen LogP contribution in [0.15, 0.2) is 54.6 Å². The van der Waals surface area contributed by atoms with Gasteiger partial charge in [0.05, 0.1) is 20.3 Å². The standard InChI is InChI=1S/C23H22FNO4/c1-27-20-8-7-17(14-19(20)24)23-18-5-3-2-4-16(18)6-9-21(23)29-15-22(26)25-10-12-28-13-11-25/h2-9,14H,10-13,15H2,1H3. The summed E-state index contributed by atoms with van der Waals surface area (Å²) in [6.45, 7) is 2.13. The molecule has 1 fully saturated rings. The summed E-state index contributed by atoms with van der Waals surface area (Å²) < 4.78 is 30.6. The quantitative estimate of drug-likeness (QED) is 0.658. The Morgan fingerprint density at radius 3 is 2.59 bits per heavy atom. The van der Waals surface area contributed by atoms with Crippen LogP contribution in [-0.2, 0) is 9.53 Å². The largest absolute Gasteiger partial charge is 0.494 e. The maximum Gasteiger partial charge on any atom is 0.260 e. The first-order chi connectivity index (χ1) is 14.2. The number of hydrogen-bond acceptors (Lipinski definition) is 4. The first-order valence-corrected chi connectivity index (χ1v) is 9.51. The number of morpholine rings is 1. The molecule has 150 valence electrons. The van der Waals surface area contributed by atoms with E-state index in [1.54, 1.807) is 17.0 Å². The fourth-order valence-electron chi connectivity index (χ4n) is 3.54. The summed E-state index contributed by atoms with van der Waals surface area (Å²) >= 11 is 0. The Morgan fingerprint density at radius 1 is 1.07 bits per heavy atom. The van der Waals surface area contributed by atoms with E-state index in [1.165, 1.54) is 13.2 Å². The minimum atomic E-state index is -0.451. The van der Waals surface area contributed by atoms with Gasteiger partial charge in [-0.3, -0.25) is 4.79 Å². The van der Waals surface area contributed by atoms with Crippen molar-refractivity contribution in [1.29, 1.82) is 0 Å². The van der Waals surface area contributed by atoms with Crippen molar-refractivity contribution in [2.45, 2.75) is 0 Å². The summed E-state index contributed by atoms with van der Waals surface area (Å²) in [5.41, 5.74) is 1.41. The van der Waals surface area contributed by atoms with Crippen LogP contribution in [0.2, 0.25) is 0 Å². The van der Waals surface area contributed by atoms with Crippen LogP contribution < -0.4 is 9.47 Å². The van der Waals surface area contributed by atoms with Gasteiger partial charge in [-0.1, -0.05) is 36.4 Å². The van der Waals surface area contributed by atoms with E-state index in [1.807, 2.05) is 36.4 Å². The summed E-state index contributed by atoms with van der Waals surface area (Å²) in [7, 11) is 1.43. The molecule has 1 saturated heterocycles. The van der Waals surface area contributed by atoms with Crippen molar-refractivity contribution in [2.75, 3.05) is 40.0 Å². The molecule has 1 aliphatic rings. The summed E-state index contributed by atoms with van der Waals surface area (Å²) in [5.74, 6) is 0.176. The van der Waals surface area contributed by atoms with Gasteiger partial charge in [-0.25, -0.2) is 4.39 Å². The third kappa shape index (κ3) is 4.03. The van der Waals surface area contributed by atoms with E-state index in [0.717, 1.165) is 16.3 Å². The Kier molecular flexibility index (Phi) is 5.62. The second-order valence-electron chi connectivity index (χ2n) is 6.79. The molecule has 0 aromatic heterocycles. The van der Waals surface area contributed by atoms with Crippen LogP contribution in [0.1, 0.15) is 0 Å². The van der Waals surface area contributed by atoms with Gasteiger partial charge < -0.3 is 19.1 Å². The molecule has 1 heterocycles. The van der Waals surface area contributed by atoms with Crippen LogP contribution in [0.25, 0.3) is 21.9 Å². The molecule has 4 rings (SSSR count). The Balaban J connectivity index is 1.69. The fourth-order valence-corrected chi connectivity index (χ4v) is 3.54. The van der Waals surface area contributed by atoms with Gasteiger partial charge in [0.25, 0.3) is 5.91 Å². The first kappa shape index (κ1) is 19.2. The Morgan fingerprint density at radius 2 is 1.83 bits per heavy atom. The minimum Gasteiger partial charge on any atom is -0.494 e. The molecule has 6 heteroatoms. The summed E-state index contributed by atoms with van der Waals surface area (Å²) in [4.78, 5) is 14.2. The lowest BCUT2D eigenvalue weighted by Gasteiger charge is -2.27. The second kappa shape index (κ2) is 8.49. The van der Waals surface area contributed by atoms with E-state index in [2.05, 4.69) is 0 Å². The molecule has 3 aromatic rings. The van der Waals surface area contributed by atoms with Gasteiger partial charge in [0.1, 0.15) is 5.75 Å². The fraction of sp³-hybridized carbons (Fsp3) is 0.261. The summed E-state index contributed by atoms with van der Waals surface area (Å²) in [6, 6.07) is 16.4. The van der Waals surface area contributed by atoms with Crippen LogP contribution in [-0.4, -0.2) is 50.8 Å². The number of carbonyl (C=O) groups is 1. The smallest absolute Gasteiger partial charge is 0.260 e. The lowest BCUT2D eigenvalue weighted by molar-refractivity contribution is -0.137. The predicted octanol–water partition coefficient (Wildman–Crippen LogP) is 3.89. The normalized spacial score (nSPS) is 14.1. The molecule has 3 aromatic carbocycles. The summed E-state index contributed by atoms with van der Waals surface area (Å²) in [6.07, 6.45) is 0. The van der Waals surface area contributed by atoms with Gasteiger partial charge in [0.2, 0.25) is 0 Å². The maximum atomic E-state index is 14.4. The van der Waals surface area contributed by atoms with Crippen LogP contribution in [0.5, 0.6) is 11.5 Å². The van der Waals surface area contributed by atoms with E-state index >= 15 is 0 Å². The highest BCUT2D eigenvalue weighted by Crippen LogP contribution is 2.38. The number of benzene rings is 3. The number of hydrogen-bond donors (Lipinski definition) is 0. The average molecular weight is 395 g/mol. The predicted molar refractivity (Wildman–Crippen MR) is 109 cm³/mol. The van der Waals surface area contributed by atoms with Crippen molar-refractivity contribution in [3.63, 3.8) is 0 Å². The first-order valence-electron chi connectivity index (χ1n) is 9.51. The molecule has 1 aliphatic heterocycles. The third-order valence-electron chi connectivity index (χ3n) is 5.05. The van der Waals surface area contributed by atoms with Crippen molar-refractivity contribution in [1.82, 2.24) is 4.90 Å². The van der Waals surface area contributed by atoms with E-state index in [0.29, 0.717) is 37.6 Å². The number of ether oxygens (including phenoxy) is 3. The molecule has 0 atom stereocenters. The van der Waals surface area contributed by atoms with E-state index in [4.69, 9.17) is 14.2 Å². The van der Waals surface area contributed by atoms with Gasteiger partial charge >= 0.3 is 0 Å². The number of rotatable bonds is 5. The monoisotopic (exact) mass is 395 g/mol. The molecule has 0 spiro atoms. The van der Waals surface area contributed by atoms with Crippen molar-refractivity contribution < 1.29 is 23.4 Å². The SMILES string of the molecule is COc1ccc(-c2c(OCC(=O)N3CCOCC3)ccc3ccccc23)cc1F. The van der Waals surface area contributed by atoms with Crippen molar-refractivity contribution in [3.05, 3.63) is 60.4 Å². The zero-order valence-electron chi connectivity index (χ0n) is 16.2. The highest BCUT2D eigenvalue weighted by molar-refractivity contribution is 6.00. The number of halogens is 1. The number of carbonyl (C=O) groups excluding carboxylic acids is 1. The van der Waals surface area contributed by atoms with Crippen LogP contribution in [0, 0.1) is 5.82 Å². The highest BCUT2D eigenvalue weighted by Gasteiger charge is 2.19. The summed E-state index contributed by atoms with van der Waals surface area (Å²) in [5, 5.41) is 1.93. The molecule has 0 unspecified atom stereocenters. The van der Waals surface area contributed by atoms with Crippen molar-refractivity contribution >= 4 is 16.7 Å². The van der Waals surface area contributed by atoms with Crippen LogP contribution in [0.4, 0.5) is 4.39 Å². The number of methoxy groups -OCH3 is 1. The number of nitrogens with zero attached hydrogens (tertiary/aromatic N) is 1. The lowest BCUT2D eigenvalue weighted by Crippen LogP contribution is -2.43. The van der Waals surface area contributed by atoms with E-state index < -0.39 is 5.82 Å². The molecule has 1 amide bonds. The van der Waals surface area contributed by atoms with Crippen LogP contribution >= 0.6 is 0 Å². The zero-order valence-corrected chi connectivity index (χ0v) is 16.2. The van der Waals surface area contributed by atoms with E-state index in [-0.39, 0.29) is 18.3 Å². The Bertz CT molecular complexity index is 1030. The molecule has 0 bridgehead atoms. The lowest BCUT2D eigenvalue weighted by atomic mass is 9.97. The van der Waals surface area contributed by atoms with Crippen LogP contribution in [0.3, 0.4) is 0 Å². The van der Waals surface area contributed by atoms with Gasteiger partial charge in [0, 0.05) is 18.7 Å².